The van der Waals surface area contributed by atoms with Gasteiger partial charge in [-0.05, 0) is 30.2 Å². The number of benzene rings is 2. The van der Waals surface area contributed by atoms with Gasteiger partial charge in [0.15, 0.2) is 0 Å². The van der Waals surface area contributed by atoms with E-state index in [0.29, 0.717) is 34.8 Å². The van der Waals surface area contributed by atoms with Crippen LogP contribution in [0.4, 0.5) is 4.79 Å². The molecule has 0 radical (unpaired) electrons. The van der Waals surface area contributed by atoms with Crippen LogP contribution in [0.2, 0.25) is 5.02 Å². The van der Waals surface area contributed by atoms with Crippen LogP contribution in [-0.4, -0.2) is 27.4 Å². The van der Waals surface area contributed by atoms with Gasteiger partial charge in [0.05, 0.1) is 17.4 Å². The van der Waals surface area contributed by atoms with Crippen LogP contribution in [0.3, 0.4) is 0 Å². The summed E-state index contributed by atoms with van der Waals surface area (Å²) in [4.78, 5) is 33.7. The molecule has 0 bridgehead atoms. The molecule has 3 rings (SSSR count). The van der Waals surface area contributed by atoms with Gasteiger partial charge in [0.25, 0.3) is 5.56 Å². The molecule has 27 heavy (non-hydrogen) atoms. The van der Waals surface area contributed by atoms with Crippen molar-refractivity contribution in [3.05, 3.63) is 75.3 Å². The number of halogens is 1. The Hall–Kier alpha value is -2.86. The Bertz CT molecular complexity index is 988. The molecule has 1 heterocycles. The Morgan fingerprint density at radius 1 is 1.22 bits per heavy atom. The van der Waals surface area contributed by atoms with Crippen molar-refractivity contribution in [3.8, 4) is 0 Å². The van der Waals surface area contributed by atoms with Gasteiger partial charge in [-0.2, -0.15) is 0 Å². The van der Waals surface area contributed by atoms with Gasteiger partial charge >= 0.3 is 6.03 Å². The third kappa shape index (κ3) is 4.86. The minimum absolute atomic E-state index is 0.199. The van der Waals surface area contributed by atoms with Gasteiger partial charge in [0, 0.05) is 18.1 Å². The van der Waals surface area contributed by atoms with E-state index in [9.17, 15) is 9.59 Å². The zero-order valence-corrected chi connectivity index (χ0v) is 15.8. The molecule has 140 valence electrons. The molecule has 0 saturated heterocycles. The van der Waals surface area contributed by atoms with Crippen LogP contribution >= 0.6 is 11.6 Å². The van der Waals surface area contributed by atoms with Crippen LogP contribution in [0.25, 0.3) is 10.9 Å². The first-order chi connectivity index (χ1) is 13.1. The summed E-state index contributed by atoms with van der Waals surface area (Å²) >= 11 is 6.00. The number of fused-ring (bicyclic) bond motifs is 1. The first-order valence-corrected chi connectivity index (χ1v) is 9.19. The third-order valence-electron chi connectivity index (χ3n) is 4.13. The maximum absolute atomic E-state index is 12.6. The van der Waals surface area contributed by atoms with Crippen LogP contribution in [0.15, 0.2) is 53.3 Å². The number of hydrogen-bond acceptors (Lipinski definition) is 3. The van der Waals surface area contributed by atoms with Crippen molar-refractivity contribution in [2.45, 2.75) is 26.4 Å². The number of carbonyl (C=O) groups excluding carboxylic acids is 1. The molecule has 0 unspecified atom stereocenters. The lowest BCUT2D eigenvalue weighted by molar-refractivity contribution is 0.193. The molecule has 2 N–H and O–H groups in total. The van der Waals surface area contributed by atoms with E-state index in [-0.39, 0.29) is 18.1 Å². The van der Waals surface area contributed by atoms with E-state index < -0.39 is 0 Å². The molecule has 3 aromatic rings. The van der Waals surface area contributed by atoms with Crippen molar-refractivity contribution in [1.82, 2.24) is 20.2 Å². The van der Waals surface area contributed by atoms with Crippen LogP contribution < -0.4 is 10.9 Å². The van der Waals surface area contributed by atoms with E-state index in [4.69, 9.17) is 11.6 Å². The number of carbonyl (C=O) groups is 1. The van der Waals surface area contributed by atoms with Gasteiger partial charge in [0.2, 0.25) is 0 Å². The fourth-order valence-electron chi connectivity index (χ4n) is 2.82. The highest BCUT2D eigenvalue weighted by Gasteiger charge is 2.15. The highest BCUT2D eigenvalue weighted by atomic mass is 35.5. The van der Waals surface area contributed by atoms with Gasteiger partial charge in [-0.15, -0.1) is 0 Å². The summed E-state index contributed by atoms with van der Waals surface area (Å²) in [7, 11) is 0. The van der Waals surface area contributed by atoms with E-state index in [1.54, 1.807) is 23.1 Å². The normalized spacial score (nSPS) is 10.7. The summed E-state index contributed by atoms with van der Waals surface area (Å²) in [5.74, 6) is 0.429. The number of hydrogen-bond donors (Lipinski definition) is 2. The van der Waals surface area contributed by atoms with Crippen molar-refractivity contribution < 1.29 is 4.79 Å². The van der Waals surface area contributed by atoms with E-state index in [1.807, 2.05) is 37.3 Å². The quantitative estimate of drug-likeness (QED) is 0.680. The lowest BCUT2D eigenvalue weighted by atomic mass is 10.2. The predicted octanol–water partition coefficient (Wildman–Crippen LogP) is 3.70. The number of urea groups is 1. The number of rotatable bonds is 6. The maximum atomic E-state index is 12.6. The fraction of sp³-hybridized carbons (Fsp3) is 0.250. The lowest BCUT2D eigenvalue weighted by Gasteiger charge is -2.22. The molecule has 1 aromatic heterocycles. The monoisotopic (exact) mass is 384 g/mol. The second kappa shape index (κ2) is 8.68. The maximum Gasteiger partial charge on any atom is 0.318 e. The summed E-state index contributed by atoms with van der Waals surface area (Å²) in [6, 6.07) is 14.4. The molecule has 0 saturated carbocycles. The van der Waals surface area contributed by atoms with E-state index in [0.717, 1.165) is 12.0 Å². The van der Waals surface area contributed by atoms with Crippen molar-refractivity contribution in [1.29, 1.82) is 0 Å². The molecule has 0 spiro atoms. The zero-order chi connectivity index (χ0) is 19.2. The van der Waals surface area contributed by atoms with Crippen LogP contribution in [0.1, 0.15) is 24.7 Å². The smallest absolute Gasteiger partial charge is 0.318 e. The third-order valence-corrected chi connectivity index (χ3v) is 4.36. The van der Waals surface area contributed by atoms with Gasteiger partial charge in [0.1, 0.15) is 5.82 Å². The minimum atomic E-state index is -0.243. The fourth-order valence-corrected chi connectivity index (χ4v) is 2.99. The average Bonchev–Trinajstić information content (AvgIpc) is 2.66. The van der Waals surface area contributed by atoms with Crippen LogP contribution in [0, 0.1) is 0 Å². The van der Waals surface area contributed by atoms with Crippen LogP contribution in [0.5, 0.6) is 0 Å². The largest absolute Gasteiger partial charge is 0.334 e. The zero-order valence-electron chi connectivity index (χ0n) is 15.0. The standard InChI is InChI=1S/C20H21ClN4O2/c1-2-10-25(20(27)22-12-14-6-4-3-5-7-14)13-18-23-17-11-15(21)8-9-16(17)19(26)24-18/h3-9,11H,2,10,12-13H2,1H3,(H,22,27)(H,23,24,26). The van der Waals surface area contributed by atoms with Crippen molar-refractivity contribution >= 4 is 28.5 Å². The molecule has 2 aromatic carbocycles. The van der Waals surface area contributed by atoms with Gasteiger partial charge < -0.3 is 15.2 Å². The minimum Gasteiger partial charge on any atom is -0.334 e. The average molecular weight is 385 g/mol. The van der Waals surface area contributed by atoms with E-state index in [1.165, 1.54) is 0 Å². The summed E-state index contributed by atoms with van der Waals surface area (Å²) in [6.07, 6.45) is 0.794. The molecule has 0 atom stereocenters. The number of aromatic nitrogens is 2. The van der Waals surface area contributed by atoms with E-state index in [2.05, 4.69) is 15.3 Å². The number of H-pyrrole nitrogens is 1. The molecule has 0 aliphatic rings. The Morgan fingerprint density at radius 3 is 2.74 bits per heavy atom. The molecule has 7 heteroatoms. The summed E-state index contributed by atoms with van der Waals surface area (Å²) in [5.41, 5.74) is 1.30. The lowest BCUT2D eigenvalue weighted by Crippen LogP contribution is -2.40. The molecule has 0 aliphatic carbocycles. The summed E-state index contributed by atoms with van der Waals surface area (Å²) in [6.45, 7) is 3.20. The SMILES string of the molecule is CCCN(Cc1nc2cc(Cl)ccc2c(=O)[nH]1)C(=O)NCc1ccccc1. The molecule has 6 nitrogen and oxygen atoms in total. The van der Waals surface area contributed by atoms with Gasteiger partial charge in [-0.1, -0.05) is 48.9 Å². The Balaban J connectivity index is 1.76. The molecule has 0 aliphatic heterocycles. The molecule has 0 fully saturated rings. The summed E-state index contributed by atoms with van der Waals surface area (Å²) < 4.78 is 0. The predicted molar refractivity (Wildman–Crippen MR) is 107 cm³/mol. The second-order valence-corrected chi connectivity index (χ2v) is 6.68. The van der Waals surface area contributed by atoms with Crippen molar-refractivity contribution in [2.24, 2.45) is 0 Å². The summed E-state index contributed by atoms with van der Waals surface area (Å²) in [5, 5.41) is 3.89. The van der Waals surface area contributed by atoms with Crippen LogP contribution in [-0.2, 0) is 13.1 Å². The van der Waals surface area contributed by atoms with E-state index >= 15 is 0 Å². The second-order valence-electron chi connectivity index (χ2n) is 6.24. The highest BCUT2D eigenvalue weighted by molar-refractivity contribution is 6.31. The number of amides is 2. The Morgan fingerprint density at radius 2 is 2.00 bits per heavy atom. The van der Waals surface area contributed by atoms with Crippen molar-refractivity contribution in [3.63, 3.8) is 0 Å². The highest BCUT2D eigenvalue weighted by Crippen LogP contribution is 2.15. The van der Waals surface area contributed by atoms with Gasteiger partial charge in [-0.25, -0.2) is 9.78 Å². The first kappa shape index (κ1) is 18.9. The molecule has 2 amide bonds. The number of aromatic amines is 1. The van der Waals surface area contributed by atoms with Gasteiger partial charge in [-0.3, -0.25) is 4.79 Å². The Kier molecular flexibility index (Phi) is 6.08. The number of nitrogens with one attached hydrogen (secondary N) is 2. The topological polar surface area (TPSA) is 78.1 Å². The number of nitrogens with zero attached hydrogens (tertiary/aromatic N) is 2. The molecular weight excluding hydrogens is 364 g/mol. The first-order valence-electron chi connectivity index (χ1n) is 8.82. The van der Waals surface area contributed by atoms with Crippen molar-refractivity contribution in [2.75, 3.05) is 6.54 Å². The Labute approximate surface area is 162 Å². The molecular formula is C20H21ClN4O2.